The van der Waals surface area contributed by atoms with Gasteiger partial charge in [-0.3, -0.25) is 0 Å². The van der Waals surface area contributed by atoms with Crippen LogP contribution in [0.1, 0.15) is 6.92 Å². The van der Waals surface area contributed by atoms with Crippen LogP contribution in [0.3, 0.4) is 0 Å². The number of anilines is 4. The molecule has 1 aromatic heterocycles. The molecule has 25 heavy (non-hydrogen) atoms. The molecule has 2 N–H and O–H groups in total. The Balaban J connectivity index is 1.73. The maximum atomic E-state index is 5.43. The molecule has 0 radical (unpaired) electrons. The van der Waals surface area contributed by atoms with Crippen LogP contribution in [0.15, 0.2) is 54.7 Å². The molecule has 0 atom stereocenters. The number of rotatable bonds is 7. The molecule has 0 unspecified atom stereocenters. The summed E-state index contributed by atoms with van der Waals surface area (Å²) in [6.45, 7) is 2.59. The third-order valence-corrected chi connectivity index (χ3v) is 3.35. The molecule has 0 aliphatic heterocycles. The summed E-state index contributed by atoms with van der Waals surface area (Å²) in [4.78, 5) is 4.41. The molecule has 0 spiro atoms. The topological polar surface area (TPSA) is 81.2 Å². The van der Waals surface area contributed by atoms with Gasteiger partial charge in [-0.2, -0.15) is 10.1 Å². The first-order chi connectivity index (χ1) is 12.3. The van der Waals surface area contributed by atoms with Crippen molar-refractivity contribution >= 4 is 23.1 Å². The van der Waals surface area contributed by atoms with Gasteiger partial charge >= 0.3 is 0 Å². The van der Waals surface area contributed by atoms with Crippen LogP contribution in [-0.4, -0.2) is 28.9 Å². The van der Waals surface area contributed by atoms with Gasteiger partial charge in [-0.1, -0.05) is 12.1 Å². The van der Waals surface area contributed by atoms with Crippen LogP contribution in [0.4, 0.5) is 23.1 Å². The summed E-state index contributed by atoms with van der Waals surface area (Å²) in [6.07, 6.45) is 1.56. The SMILES string of the molecule is CCOc1ccc(Nc2cnnc(Nc3ccccc3OC)n2)cc1. The number of aromatic nitrogens is 3. The van der Waals surface area contributed by atoms with Gasteiger partial charge in [0, 0.05) is 5.69 Å². The zero-order valence-corrected chi connectivity index (χ0v) is 14.1. The number of para-hydroxylation sites is 2. The third-order valence-electron chi connectivity index (χ3n) is 3.35. The fourth-order valence-corrected chi connectivity index (χ4v) is 2.23. The van der Waals surface area contributed by atoms with E-state index in [9.17, 15) is 0 Å². The maximum absolute atomic E-state index is 5.43. The first kappa shape index (κ1) is 16.5. The minimum Gasteiger partial charge on any atom is -0.495 e. The molecule has 128 valence electrons. The van der Waals surface area contributed by atoms with Crippen LogP contribution < -0.4 is 20.1 Å². The molecular formula is C18H19N5O2. The number of nitrogens with one attached hydrogen (secondary N) is 2. The van der Waals surface area contributed by atoms with Crippen LogP contribution in [-0.2, 0) is 0 Å². The summed E-state index contributed by atoms with van der Waals surface area (Å²) >= 11 is 0. The lowest BCUT2D eigenvalue weighted by Gasteiger charge is -2.10. The quantitative estimate of drug-likeness (QED) is 0.679. The molecule has 0 amide bonds. The van der Waals surface area contributed by atoms with Crippen LogP contribution in [0.5, 0.6) is 11.5 Å². The van der Waals surface area contributed by atoms with E-state index in [1.165, 1.54) is 0 Å². The molecule has 1 heterocycles. The zero-order valence-electron chi connectivity index (χ0n) is 14.1. The monoisotopic (exact) mass is 337 g/mol. The van der Waals surface area contributed by atoms with E-state index < -0.39 is 0 Å². The Hall–Kier alpha value is -3.35. The number of hydrogen-bond donors (Lipinski definition) is 2. The largest absolute Gasteiger partial charge is 0.495 e. The van der Waals surface area contributed by atoms with Crippen molar-refractivity contribution < 1.29 is 9.47 Å². The normalized spacial score (nSPS) is 10.2. The van der Waals surface area contributed by atoms with Gasteiger partial charge in [0.25, 0.3) is 0 Å². The number of hydrogen-bond acceptors (Lipinski definition) is 7. The average Bonchev–Trinajstić information content (AvgIpc) is 2.64. The Bertz CT molecular complexity index is 824. The second kappa shape index (κ2) is 7.96. The summed E-state index contributed by atoms with van der Waals surface area (Å²) in [5.74, 6) is 2.49. The Morgan fingerprint density at radius 1 is 1.00 bits per heavy atom. The van der Waals surface area contributed by atoms with Gasteiger partial charge in [-0.25, -0.2) is 0 Å². The summed E-state index contributed by atoms with van der Waals surface area (Å²) in [5, 5.41) is 14.3. The van der Waals surface area contributed by atoms with E-state index in [2.05, 4.69) is 25.8 Å². The minimum absolute atomic E-state index is 0.375. The fourth-order valence-electron chi connectivity index (χ4n) is 2.23. The molecule has 0 saturated heterocycles. The second-order valence-electron chi connectivity index (χ2n) is 5.07. The highest BCUT2D eigenvalue weighted by molar-refractivity contribution is 5.63. The van der Waals surface area contributed by atoms with Crippen molar-refractivity contribution in [2.45, 2.75) is 6.92 Å². The van der Waals surface area contributed by atoms with Gasteiger partial charge in [0.1, 0.15) is 11.5 Å². The number of ether oxygens (including phenoxy) is 2. The summed E-state index contributed by atoms with van der Waals surface area (Å²) < 4.78 is 10.7. The van der Waals surface area contributed by atoms with Crippen molar-refractivity contribution in [2.24, 2.45) is 0 Å². The summed E-state index contributed by atoms with van der Waals surface area (Å²) in [5.41, 5.74) is 1.65. The minimum atomic E-state index is 0.375. The number of benzene rings is 2. The first-order valence-corrected chi connectivity index (χ1v) is 7.88. The van der Waals surface area contributed by atoms with Crippen molar-refractivity contribution in [2.75, 3.05) is 24.4 Å². The smallest absolute Gasteiger partial charge is 0.249 e. The van der Waals surface area contributed by atoms with Gasteiger partial charge in [-0.15, -0.1) is 5.10 Å². The van der Waals surface area contributed by atoms with E-state index in [0.717, 1.165) is 17.1 Å². The highest BCUT2D eigenvalue weighted by Gasteiger charge is 2.06. The Labute approximate surface area is 146 Å². The van der Waals surface area contributed by atoms with Crippen molar-refractivity contribution in [1.82, 2.24) is 15.2 Å². The maximum Gasteiger partial charge on any atom is 0.249 e. The highest BCUT2D eigenvalue weighted by atomic mass is 16.5. The van der Waals surface area contributed by atoms with Crippen molar-refractivity contribution in [3.63, 3.8) is 0 Å². The fraction of sp³-hybridized carbons (Fsp3) is 0.167. The molecule has 7 nitrogen and oxygen atoms in total. The van der Waals surface area contributed by atoms with Crippen molar-refractivity contribution in [3.05, 3.63) is 54.7 Å². The molecule has 0 aliphatic rings. The lowest BCUT2D eigenvalue weighted by molar-refractivity contribution is 0.340. The summed E-state index contributed by atoms with van der Waals surface area (Å²) in [7, 11) is 1.61. The molecule has 0 aliphatic carbocycles. The molecular weight excluding hydrogens is 318 g/mol. The van der Waals surface area contributed by atoms with Gasteiger partial charge in [0.05, 0.1) is 25.6 Å². The van der Waals surface area contributed by atoms with Crippen molar-refractivity contribution in [1.29, 1.82) is 0 Å². The molecule has 3 aromatic rings. The van der Waals surface area contributed by atoms with Gasteiger partial charge in [-0.05, 0) is 43.3 Å². The van der Waals surface area contributed by atoms with Crippen molar-refractivity contribution in [3.8, 4) is 11.5 Å². The van der Waals surface area contributed by atoms with E-state index >= 15 is 0 Å². The molecule has 0 fully saturated rings. The lowest BCUT2D eigenvalue weighted by atomic mass is 10.3. The Kier molecular flexibility index (Phi) is 5.26. The van der Waals surface area contributed by atoms with E-state index in [0.29, 0.717) is 24.1 Å². The van der Waals surface area contributed by atoms with E-state index in [1.54, 1.807) is 13.3 Å². The molecule has 0 bridgehead atoms. The molecule has 0 saturated carbocycles. The van der Waals surface area contributed by atoms with Gasteiger partial charge < -0.3 is 20.1 Å². The molecule has 3 rings (SSSR count). The Morgan fingerprint density at radius 3 is 2.56 bits per heavy atom. The predicted octanol–water partition coefficient (Wildman–Crippen LogP) is 3.77. The molecule has 2 aromatic carbocycles. The average molecular weight is 337 g/mol. The predicted molar refractivity (Wildman–Crippen MR) is 97.0 cm³/mol. The zero-order chi connectivity index (χ0) is 17.5. The number of methoxy groups -OCH3 is 1. The van der Waals surface area contributed by atoms with E-state index in [4.69, 9.17) is 9.47 Å². The van der Waals surface area contributed by atoms with E-state index in [-0.39, 0.29) is 0 Å². The Morgan fingerprint density at radius 2 is 1.80 bits per heavy atom. The van der Waals surface area contributed by atoms with Crippen LogP contribution in [0.25, 0.3) is 0 Å². The van der Waals surface area contributed by atoms with Crippen LogP contribution in [0, 0.1) is 0 Å². The standard InChI is InChI=1S/C18H19N5O2/c1-3-25-14-10-8-13(9-11-14)20-17-12-19-23-18(22-17)21-15-6-4-5-7-16(15)24-2/h4-12H,3H2,1-2H3,(H2,20,21,22,23). The van der Waals surface area contributed by atoms with Crippen LogP contribution >= 0.6 is 0 Å². The molecule has 7 heteroatoms. The second-order valence-corrected chi connectivity index (χ2v) is 5.07. The first-order valence-electron chi connectivity index (χ1n) is 7.88. The summed E-state index contributed by atoms with van der Waals surface area (Å²) in [6, 6.07) is 15.2. The lowest BCUT2D eigenvalue weighted by Crippen LogP contribution is -2.03. The third kappa shape index (κ3) is 4.35. The highest BCUT2D eigenvalue weighted by Crippen LogP contribution is 2.26. The van der Waals surface area contributed by atoms with E-state index in [1.807, 2.05) is 55.5 Å². The van der Waals surface area contributed by atoms with Gasteiger partial charge in [0.15, 0.2) is 5.82 Å². The van der Waals surface area contributed by atoms with Gasteiger partial charge in [0.2, 0.25) is 5.95 Å². The van der Waals surface area contributed by atoms with Crippen LogP contribution in [0.2, 0.25) is 0 Å². The number of nitrogens with zero attached hydrogens (tertiary/aromatic N) is 3.